The maximum atomic E-state index is 12.6. The SMILES string of the molecule is Cc1ccc(S(=O)(=O)N(C)C(C(=O)O)c2ccccc2)cc1. The third-order valence-corrected chi connectivity index (χ3v) is 5.25. The Balaban J connectivity index is 2.44. The summed E-state index contributed by atoms with van der Waals surface area (Å²) in [6.45, 7) is 1.85. The van der Waals surface area contributed by atoms with Gasteiger partial charge >= 0.3 is 5.97 Å². The molecule has 1 atom stereocenters. The van der Waals surface area contributed by atoms with Gasteiger partial charge in [0.1, 0.15) is 6.04 Å². The van der Waals surface area contributed by atoms with E-state index in [0.29, 0.717) is 5.56 Å². The second kappa shape index (κ2) is 6.29. The standard InChI is InChI=1S/C16H17NO4S/c1-12-8-10-14(11-9-12)22(20,21)17(2)15(16(18)19)13-6-4-3-5-7-13/h3-11,15H,1-2H3,(H,18,19). The van der Waals surface area contributed by atoms with E-state index in [1.165, 1.54) is 19.2 Å². The Bertz CT molecular complexity index is 754. The molecule has 0 bridgehead atoms. The smallest absolute Gasteiger partial charge is 0.326 e. The molecule has 116 valence electrons. The molecule has 0 heterocycles. The van der Waals surface area contributed by atoms with E-state index in [1.807, 2.05) is 6.92 Å². The Labute approximate surface area is 129 Å². The molecule has 0 aliphatic heterocycles. The zero-order valence-corrected chi connectivity index (χ0v) is 13.1. The van der Waals surface area contributed by atoms with Crippen LogP contribution < -0.4 is 0 Å². The minimum atomic E-state index is -3.90. The fourth-order valence-electron chi connectivity index (χ4n) is 2.16. The normalized spacial score (nSPS) is 13.0. The molecule has 0 saturated carbocycles. The molecule has 2 rings (SSSR count). The van der Waals surface area contributed by atoms with Gasteiger partial charge in [0, 0.05) is 7.05 Å². The first-order chi connectivity index (χ1) is 10.3. The van der Waals surface area contributed by atoms with Crippen molar-refractivity contribution in [3.05, 3.63) is 65.7 Å². The van der Waals surface area contributed by atoms with Crippen LogP contribution in [-0.4, -0.2) is 30.8 Å². The summed E-state index contributed by atoms with van der Waals surface area (Å²) in [6, 6.07) is 13.3. The number of rotatable bonds is 5. The highest BCUT2D eigenvalue weighted by molar-refractivity contribution is 7.89. The number of carboxylic acid groups (broad SMARTS) is 1. The van der Waals surface area contributed by atoms with Crippen molar-refractivity contribution in [3.63, 3.8) is 0 Å². The van der Waals surface area contributed by atoms with Crippen molar-refractivity contribution in [2.75, 3.05) is 7.05 Å². The van der Waals surface area contributed by atoms with Crippen LogP contribution in [0.3, 0.4) is 0 Å². The lowest BCUT2D eigenvalue weighted by Crippen LogP contribution is -2.35. The third-order valence-electron chi connectivity index (χ3n) is 3.41. The number of sulfonamides is 1. The van der Waals surface area contributed by atoms with Gasteiger partial charge in [-0.3, -0.25) is 4.79 Å². The van der Waals surface area contributed by atoms with Crippen LogP contribution in [0.1, 0.15) is 17.2 Å². The highest BCUT2D eigenvalue weighted by atomic mass is 32.2. The number of hydrogen-bond acceptors (Lipinski definition) is 3. The summed E-state index contributed by atoms with van der Waals surface area (Å²) in [7, 11) is -2.62. The van der Waals surface area contributed by atoms with Gasteiger partial charge in [-0.05, 0) is 24.6 Å². The monoisotopic (exact) mass is 319 g/mol. The minimum absolute atomic E-state index is 0.0720. The van der Waals surface area contributed by atoms with Crippen LogP contribution in [0.2, 0.25) is 0 Å². The molecule has 2 aromatic carbocycles. The van der Waals surface area contributed by atoms with E-state index >= 15 is 0 Å². The molecule has 5 nitrogen and oxygen atoms in total. The van der Waals surface area contributed by atoms with Crippen LogP contribution in [0, 0.1) is 6.92 Å². The van der Waals surface area contributed by atoms with Gasteiger partial charge in [-0.15, -0.1) is 0 Å². The van der Waals surface area contributed by atoms with Crippen LogP contribution >= 0.6 is 0 Å². The van der Waals surface area contributed by atoms with Gasteiger partial charge in [-0.2, -0.15) is 4.31 Å². The highest BCUT2D eigenvalue weighted by Crippen LogP contribution is 2.26. The average Bonchev–Trinajstić information content (AvgIpc) is 2.48. The van der Waals surface area contributed by atoms with Gasteiger partial charge in [-0.1, -0.05) is 48.0 Å². The number of aliphatic carboxylic acids is 1. The molecule has 2 aromatic rings. The highest BCUT2D eigenvalue weighted by Gasteiger charge is 2.33. The summed E-state index contributed by atoms with van der Waals surface area (Å²) in [4.78, 5) is 11.6. The average molecular weight is 319 g/mol. The quantitative estimate of drug-likeness (QED) is 0.918. The van der Waals surface area contributed by atoms with Crippen molar-refractivity contribution in [3.8, 4) is 0 Å². The molecule has 1 N–H and O–H groups in total. The largest absolute Gasteiger partial charge is 0.480 e. The van der Waals surface area contributed by atoms with Gasteiger partial charge in [0.25, 0.3) is 0 Å². The van der Waals surface area contributed by atoms with E-state index in [2.05, 4.69) is 0 Å². The molecule has 0 saturated heterocycles. The van der Waals surface area contributed by atoms with E-state index in [0.717, 1.165) is 9.87 Å². The fourth-order valence-corrected chi connectivity index (χ4v) is 3.46. The second-order valence-corrected chi connectivity index (χ2v) is 6.98. The summed E-state index contributed by atoms with van der Waals surface area (Å²) >= 11 is 0. The van der Waals surface area contributed by atoms with Crippen molar-refractivity contribution in [2.45, 2.75) is 17.9 Å². The third kappa shape index (κ3) is 3.18. The van der Waals surface area contributed by atoms with Crippen LogP contribution in [0.25, 0.3) is 0 Å². The van der Waals surface area contributed by atoms with Gasteiger partial charge in [0.05, 0.1) is 4.90 Å². The molecule has 0 radical (unpaired) electrons. The number of hydrogen-bond donors (Lipinski definition) is 1. The van der Waals surface area contributed by atoms with Gasteiger partial charge in [0.2, 0.25) is 10.0 Å². The molecule has 0 amide bonds. The predicted octanol–water partition coefficient (Wildman–Crippen LogP) is 2.44. The van der Waals surface area contributed by atoms with Crippen LogP contribution in [-0.2, 0) is 14.8 Å². The predicted molar refractivity (Wildman–Crippen MR) is 82.9 cm³/mol. The Kier molecular flexibility index (Phi) is 4.63. The summed E-state index contributed by atoms with van der Waals surface area (Å²) in [5.74, 6) is -1.22. The Hall–Kier alpha value is -2.18. The van der Waals surface area contributed by atoms with Crippen LogP contribution in [0.5, 0.6) is 0 Å². The summed E-state index contributed by atoms with van der Waals surface area (Å²) in [6.07, 6.45) is 0. The molecular weight excluding hydrogens is 302 g/mol. The molecule has 0 aromatic heterocycles. The molecule has 1 unspecified atom stereocenters. The molecule has 22 heavy (non-hydrogen) atoms. The second-order valence-electron chi connectivity index (χ2n) is 4.99. The lowest BCUT2D eigenvalue weighted by atomic mass is 10.1. The van der Waals surface area contributed by atoms with Gasteiger partial charge < -0.3 is 5.11 Å². The summed E-state index contributed by atoms with van der Waals surface area (Å²) in [5.41, 5.74) is 1.34. The number of carbonyl (C=O) groups is 1. The van der Waals surface area contributed by atoms with E-state index in [-0.39, 0.29) is 4.90 Å². The summed E-state index contributed by atoms with van der Waals surface area (Å²) in [5, 5.41) is 9.45. The van der Waals surface area contributed by atoms with Crippen LogP contribution in [0.15, 0.2) is 59.5 Å². The first kappa shape index (κ1) is 16.2. The first-order valence-electron chi connectivity index (χ1n) is 6.66. The zero-order chi connectivity index (χ0) is 16.3. The van der Waals surface area contributed by atoms with Crippen molar-refractivity contribution in [1.29, 1.82) is 0 Å². The zero-order valence-electron chi connectivity index (χ0n) is 12.3. The van der Waals surface area contributed by atoms with E-state index in [4.69, 9.17) is 0 Å². The molecule has 6 heteroatoms. The Morgan fingerprint density at radius 3 is 2.09 bits per heavy atom. The van der Waals surface area contributed by atoms with E-state index in [9.17, 15) is 18.3 Å². The maximum Gasteiger partial charge on any atom is 0.326 e. The maximum absolute atomic E-state index is 12.6. The molecule has 0 spiro atoms. The lowest BCUT2D eigenvalue weighted by molar-refractivity contribution is -0.141. The Morgan fingerprint density at radius 2 is 1.59 bits per heavy atom. The van der Waals surface area contributed by atoms with Crippen molar-refractivity contribution >= 4 is 16.0 Å². The van der Waals surface area contributed by atoms with Gasteiger partial charge in [0.15, 0.2) is 0 Å². The topological polar surface area (TPSA) is 74.7 Å². The van der Waals surface area contributed by atoms with Crippen molar-refractivity contribution < 1.29 is 18.3 Å². The number of benzene rings is 2. The molecule has 0 aliphatic carbocycles. The summed E-state index contributed by atoms with van der Waals surface area (Å²) < 4.78 is 26.1. The molecule has 0 aliphatic rings. The lowest BCUT2D eigenvalue weighted by Gasteiger charge is -2.24. The van der Waals surface area contributed by atoms with Crippen LogP contribution in [0.4, 0.5) is 0 Å². The minimum Gasteiger partial charge on any atom is -0.480 e. The molecular formula is C16H17NO4S. The first-order valence-corrected chi connectivity index (χ1v) is 8.10. The molecule has 0 fully saturated rings. The Morgan fingerprint density at radius 1 is 1.05 bits per heavy atom. The number of nitrogens with zero attached hydrogens (tertiary/aromatic N) is 1. The number of likely N-dealkylation sites (N-methyl/N-ethyl adjacent to an activating group) is 1. The van der Waals surface area contributed by atoms with E-state index in [1.54, 1.807) is 42.5 Å². The van der Waals surface area contributed by atoms with Gasteiger partial charge in [-0.25, -0.2) is 8.42 Å². The fraction of sp³-hybridized carbons (Fsp3) is 0.188. The number of aryl methyl sites for hydroxylation is 1. The van der Waals surface area contributed by atoms with Crippen molar-refractivity contribution in [2.24, 2.45) is 0 Å². The van der Waals surface area contributed by atoms with E-state index < -0.39 is 22.0 Å². The van der Waals surface area contributed by atoms with Crippen molar-refractivity contribution in [1.82, 2.24) is 4.31 Å². The number of carboxylic acids is 1.